The summed E-state index contributed by atoms with van der Waals surface area (Å²) in [5.74, 6) is 0.370. The number of hydrogen-bond acceptors (Lipinski definition) is 2. The summed E-state index contributed by atoms with van der Waals surface area (Å²) in [7, 11) is 0. The maximum Gasteiger partial charge on any atom is 0.243 e. The number of amides is 2. The van der Waals surface area contributed by atoms with Crippen LogP contribution in [0, 0.1) is 25.7 Å². The molecule has 4 heteroatoms. The van der Waals surface area contributed by atoms with Gasteiger partial charge in [-0.2, -0.15) is 0 Å². The van der Waals surface area contributed by atoms with Crippen LogP contribution < -0.4 is 10.6 Å². The molecule has 1 saturated carbocycles. The summed E-state index contributed by atoms with van der Waals surface area (Å²) in [4.78, 5) is 23.4. The molecule has 0 spiro atoms. The van der Waals surface area contributed by atoms with Crippen molar-refractivity contribution in [2.45, 2.75) is 27.2 Å². The van der Waals surface area contributed by atoms with Gasteiger partial charge in [0.05, 0.1) is 6.54 Å². The zero-order chi connectivity index (χ0) is 14.0. The highest BCUT2D eigenvalue weighted by molar-refractivity contribution is 5.95. The first kappa shape index (κ1) is 13.6. The van der Waals surface area contributed by atoms with Gasteiger partial charge in [0.25, 0.3) is 0 Å². The molecule has 0 radical (unpaired) electrons. The van der Waals surface area contributed by atoms with Gasteiger partial charge in [-0.05, 0) is 43.4 Å². The van der Waals surface area contributed by atoms with E-state index in [2.05, 4.69) is 10.6 Å². The van der Waals surface area contributed by atoms with Crippen LogP contribution in [0.2, 0.25) is 0 Å². The molecule has 1 aromatic carbocycles. The molecule has 19 heavy (non-hydrogen) atoms. The quantitative estimate of drug-likeness (QED) is 0.870. The van der Waals surface area contributed by atoms with Gasteiger partial charge < -0.3 is 10.6 Å². The van der Waals surface area contributed by atoms with E-state index in [-0.39, 0.29) is 24.3 Å². The number of nitrogens with one attached hydrogen (secondary N) is 2. The first-order valence-electron chi connectivity index (χ1n) is 6.63. The molecular formula is C15H20N2O2. The molecule has 0 aliphatic heterocycles. The first-order chi connectivity index (χ1) is 8.99. The van der Waals surface area contributed by atoms with Crippen LogP contribution in [0.4, 0.5) is 5.69 Å². The van der Waals surface area contributed by atoms with E-state index in [1.165, 1.54) is 0 Å². The van der Waals surface area contributed by atoms with E-state index in [1.54, 1.807) is 0 Å². The summed E-state index contributed by atoms with van der Waals surface area (Å²) in [5, 5.41) is 5.50. The zero-order valence-electron chi connectivity index (χ0n) is 11.6. The predicted octanol–water partition coefficient (Wildman–Crippen LogP) is 2.01. The van der Waals surface area contributed by atoms with Crippen LogP contribution in [0.25, 0.3) is 0 Å². The van der Waals surface area contributed by atoms with Gasteiger partial charge in [-0.15, -0.1) is 0 Å². The van der Waals surface area contributed by atoms with Crippen molar-refractivity contribution in [1.82, 2.24) is 5.32 Å². The van der Waals surface area contributed by atoms with Gasteiger partial charge in [-0.3, -0.25) is 9.59 Å². The van der Waals surface area contributed by atoms with Crippen molar-refractivity contribution >= 4 is 17.5 Å². The molecule has 1 aliphatic rings. The molecule has 0 unspecified atom stereocenters. The number of rotatable bonds is 4. The minimum absolute atomic E-state index is 0.0105. The molecule has 1 aromatic rings. The molecule has 2 N–H and O–H groups in total. The second-order valence-corrected chi connectivity index (χ2v) is 5.33. The summed E-state index contributed by atoms with van der Waals surface area (Å²) < 4.78 is 0. The highest BCUT2D eigenvalue weighted by atomic mass is 16.2. The van der Waals surface area contributed by atoms with Gasteiger partial charge in [0.2, 0.25) is 11.8 Å². The van der Waals surface area contributed by atoms with Crippen molar-refractivity contribution in [3.05, 3.63) is 29.3 Å². The zero-order valence-corrected chi connectivity index (χ0v) is 11.6. The van der Waals surface area contributed by atoms with E-state index in [4.69, 9.17) is 0 Å². The lowest BCUT2D eigenvalue weighted by Crippen LogP contribution is -2.34. The fourth-order valence-electron chi connectivity index (χ4n) is 2.07. The van der Waals surface area contributed by atoms with E-state index in [1.807, 2.05) is 39.0 Å². The van der Waals surface area contributed by atoms with Crippen LogP contribution in [-0.2, 0) is 9.59 Å². The van der Waals surface area contributed by atoms with Gasteiger partial charge in [0.1, 0.15) is 0 Å². The average molecular weight is 260 g/mol. The lowest BCUT2D eigenvalue weighted by atomic mass is 10.1. The van der Waals surface area contributed by atoms with Crippen molar-refractivity contribution in [2.24, 2.45) is 11.8 Å². The number of carbonyl (C=O) groups excluding carboxylic acids is 2. The third-order valence-electron chi connectivity index (χ3n) is 3.75. The number of anilines is 1. The summed E-state index contributed by atoms with van der Waals surface area (Å²) in [6, 6.07) is 5.77. The molecule has 2 amide bonds. The Bertz CT molecular complexity index is 511. The predicted molar refractivity (Wildman–Crippen MR) is 74.8 cm³/mol. The Labute approximate surface area is 113 Å². The van der Waals surface area contributed by atoms with Crippen LogP contribution in [0.5, 0.6) is 0 Å². The molecule has 102 valence electrons. The SMILES string of the molecule is Cc1cccc(NC(=O)CNC(=O)[C@H]2C[C@@H]2C)c1C. The maximum atomic E-state index is 11.8. The van der Waals surface area contributed by atoms with Crippen LogP contribution in [0.3, 0.4) is 0 Å². The Hall–Kier alpha value is -1.84. The minimum atomic E-state index is -0.185. The van der Waals surface area contributed by atoms with Gasteiger partial charge >= 0.3 is 0 Å². The molecule has 1 fully saturated rings. The molecule has 0 bridgehead atoms. The molecule has 2 atom stereocenters. The number of benzene rings is 1. The minimum Gasteiger partial charge on any atom is -0.347 e. The number of carbonyl (C=O) groups is 2. The van der Waals surface area contributed by atoms with Crippen molar-refractivity contribution in [3.63, 3.8) is 0 Å². The van der Waals surface area contributed by atoms with E-state index in [9.17, 15) is 9.59 Å². The average Bonchev–Trinajstić information content (AvgIpc) is 3.09. The van der Waals surface area contributed by atoms with E-state index >= 15 is 0 Å². The first-order valence-corrected chi connectivity index (χ1v) is 6.63. The van der Waals surface area contributed by atoms with Gasteiger partial charge in [0.15, 0.2) is 0 Å². The summed E-state index contributed by atoms with van der Waals surface area (Å²) in [6.07, 6.45) is 0.935. The topological polar surface area (TPSA) is 58.2 Å². The Morgan fingerprint density at radius 3 is 2.63 bits per heavy atom. The summed E-state index contributed by atoms with van der Waals surface area (Å²) in [6.45, 7) is 6.05. The lowest BCUT2D eigenvalue weighted by Gasteiger charge is -2.10. The van der Waals surface area contributed by atoms with Gasteiger partial charge in [0, 0.05) is 11.6 Å². The van der Waals surface area contributed by atoms with Gasteiger partial charge in [-0.1, -0.05) is 19.1 Å². The van der Waals surface area contributed by atoms with Crippen molar-refractivity contribution in [2.75, 3.05) is 11.9 Å². The highest BCUT2D eigenvalue weighted by Crippen LogP contribution is 2.37. The largest absolute Gasteiger partial charge is 0.347 e. The van der Waals surface area contributed by atoms with Crippen molar-refractivity contribution in [3.8, 4) is 0 Å². The Kier molecular flexibility index (Phi) is 3.88. The molecule has 4 nitrogen and oxygen atoms in total. The standard InChI is InChI=1S/C15H20N2O2/c1-9-5-4-6-13(11(9)3)17-14(18)8-16-15(19)12-7-10(12)2/h4-6,10,12H,7-8H2,1-3H3,(H,16,19)(H,17,18)/t10-,12-/m0/s1. The monoisotopic (exact) mass is 260 g/mol. The molecule has 0 saturated heterocycles. The molecule has 1 aliphatic carbocycles. The van der Waals surface area contributed by atoms with E-state index in [0.717, 1.165) is 23.2 Å². The summed E-state index contributed by atoms with van der Waals surface area (Å²) in [5.41, 5.74) is 2.99. The molecule has 0 aromatic heterocycles. The van der Waals surface area contributed by atoms with Crippen molar-refractivity contribution < 1.29 is 9.59 Å². The Morgan fingerprint density at radius 1 is 1.32 bits per heavy atom. The highest BCUT2D eigenvalue weighted by Gasteiger charge is 2.38. The third-order valence-corrected chi connectivity index (χ3v) is 3.75. The fourth-order valence-corrected chi connectivity index (χ4v) is 2.07. The van der Waals surface area contributed by atoms with Crippen LogP contribution in [0.1, 0.15) is 24.5 Å². The van der Waals surface area contributed by atoms with Crippen LogP contribution in [-0.4, -0.2) is 18.4 Å². The van der Waals surface area contributed by atoms with E-state index in [0.29, 0.717) is 5.92 Å². The normalized spacial score (nSPS) is 20.8. The maximum absolute atomic E-state index is 11.8. The Balaban J connectivity index is 1.84. The number of aryl methyl sites for hydroxylation is 1. The molecule has 0 heterocycles. The van der Waals surface area contributed by atoms with Crippen LogP contribution >= 0.6 is 0 Å². The molecule has 2 rings (SSSR count). The summed E-state index contributed by atoms with van der Waals surface area (Å²) >= 11 is 0. The number of hydrogen-bond donors (Lipinski definition) is 2. The van der Waals surface area contributed by atoms with Crippen LogP contribution in [0.15, 0.2) is 18.2 Å². The fraction of sp³-hybridized carbons (Fsp3) is 0.467. The second kappa shape index (κ2) is 5.43. The van der Waals surface area contributed by atoms with E-state index < -0.39 is 0 Å². The third kappa shape index (κ3) is 3.34. The lowest BCUT2D eigenvalue weighted by molar-refractivity contribution is -0.125. The molecular weight excluding hydrogens is 240 g/mol. The van der Waals surface area contributed by atoms with Gasteiger partial charge in [-0.25, -0.2) is 0 Å². The Morgan fingerprint density at radius 2 is 2.00 bits per heavy atom. The van der Waals surface area contributed by atoms with Crippen molar-refractivity contribution in [1.29, 1.82) is 0 Å². The smallest absolute Gasteiger partial charge is 0.243 e. The second-order valence-electron chi connectivity index (χ2n) is 5.33.